The SMILES string of the molecule is Cc1cc(C(=O)NCCc2cnc[nH]2)no1. The average Bonchev–Trinajstić information content (AvgIpc) is 2.89. The van der Waals surface area contributed by atoms with Crippen molar-refractivity contribution >= 4 is 5.91 Å². The van der Waals surface area contributed by atoms with Crippen LogP contribution >= 0.6 is 0 Å². The van der Waals surface area contributed by atoms with E-state index in [2.05, 4.69) is 20.4 Å². The minimum Gasteiger partial charge on any atom is -0.361 e. The van der Waals surface area contributed by atoms with E-state index in [0.717, 1.165) is 5.69 Å². The molecule has 0 bridgehead atoms. The Kier molecular flexibility index (Phi) is 3.00. The van der Waals surface area contributed by atoms with Gasteiger partial charge in [-0.15, -0.1) is 0 Å². The van der Waals surface area contributed by atoms with Crippen LogP contribution in [0.15, 0.2) is 23.1 Å². The van der Waals surface area contributed by atoms with Crippen molar-refractivity contribution in [3.63, 3.8) is 0 Å². The smallest absolute Gasteiger partial charge is 0.273 e. The summed E-state index contributed by atoms with van der Waals surface area (Å²) >= 11 is 0. The lowest BCUT2D eigenvalue weighted by Crippen LogP contribution is -2.26. The van der Waals surface area contributed by atoms with Gasteiger partial charge in [-0.3, -0.25) is 4.79 Å². The molecular weight excluding hydrogens is 208 g/mol. The highest BCUT2D eigenvalue weighted by molar-refractivity contribution is 5.92. The van der Waals surface area contributed by atoms with E-state index in [4.69, 9.17) is 4.52 Å². The Labute approximate surface area is 92.1 Å². The summed E-state index contributed by atoms with van der Waals surface area (Å²) in [5.74, 6) is 0.398. The van der Waals surface area contributed by atoms with Crippen molar-refractivity contribution in [1.29, 1.82) is 0 Å². The molecule has 6 heteroatoms. The number of rotatable bonds is 4. The number of amides is 1. The molecule has 0 atom stereocenters. The first-order chi connectivity index (χ1) is 7.75. The lowest BCUT2D eigenvalue weighted by molar-refractivity contribution is 0.0945. The summed E-state index contributed by atoms with van der Waals surface area (Å²) in [6.45, 7) is 2.28. The fourth-order valence-electron chi connectivity index (χ4n) is 1.30. The molecule has 16 heavy (non-hydrogen) atoms. The Hall–Kier alpha value is -2.11. The Bertz CT molecular complexity index is 461. The van der Waals surface area contributed by atoms with Crippen LogP contribution in [0.3, 0.4) is 0 Å². The molecule has 2 heterocycles. The minimum atomic E-state index is -0.226. The maximum absolute atomic E-state index is 11.5. The Morgan fingerprint density at radius 2 is 2.50 bits per heavy atom. The number of H-pyrrole nitrogens is 1. The molecule has 0 spiro atoms. The normalized spacial score (nSPS) is 10.3. The lowest BCUT2D eigenvalue weighted by Gasteiger charge is -2.00. The molecule has 1 amide bonds. The molecule has 84 valence electrons. The van der Waals surface area contributed by atoms with Gasteiger partial charge in [0, 0.05) is 30.9 Å². The van der Waals surface area contributed by atoms with Crippen molar-refractivity contribution in [3.8, 4) is 0 Å². The van der Waals surface area contributed by atoms with Gasteiger partial charge in [-0.2, -0.15) is 0 Å². The number of imidazole rings is 1. The molecule has 0 fully saturated rings. The molecule has 2 aromatic rings. The van der Waals surface area contributed by atoms with Gasteiger partial charge in [0.15, 0.2) is 5.69 Å². The van der Waals surface area contributed by atoms with Crippen LogP contribution in [-0.4, -0.2) is 27.6 Å². The Morgan fingerprint density at radius 3 is 3.12 bits per heavy atom. The third-order valence-corrected chi connectivity index (χ3v) is 2.10. The fraction of sp³-hybridized carbons (Fsp3) is 0.300. The molecule has 0 aromatic carbocycles. The summed E-state index contributed by atoms with van der Waals surface area (Å²) in [5, 5.41) is 6.37. The van der Waals surface area contributed by atoms with Gasteiger partial charge in [-0.1, -0.05) is 5.16 Å². The van der Waals surface area contributed by atoms with Gasteiger partial charge in [0.05, 0.1) is 6.33 Å². The Balaban J connectivity index is 1.80. The van der Waals surface area contributed by atoms with E-state index in [1.807, 2.05) is 0 Å². The first kappa shape index (κ1) is 10.4. The second-order valence-electron chi connectivity index (χ2n) is 3.41. The zero-order valence-corrected chi connectivity index (χ0v) is 8.86. The summed E-state index contributed by atoms with van der Waals surface area (Å²) < 4.78 is 4.81. The quantitative estimate of drug-likeness (QED) is 0.793. The molecule has 0 unspecified atom stereocenters. The van der Waals surface area contributed by atoms with E-state index in [0.29, 0.717) is 24.4 Å². The first-order valence-electron chi connectivity index (χ1n) is 4.94. The van der Waals surface area contributed by atoms with Crippen LogP contribution in [0, 0.1) is 6.92 Å². The molecule has 0 radical (unpaired) electrons. The number of nitrogens with zero attached hydrogens (tertiary/aromatic N) is 2. The third-order valence-electron chi connectivity index (χ3n) is 2.10. The topological polar surface area (TPSA) is 83.8 Å². The van der Waals surface area contributed by atoms with E-state index in [1.54, 1.807) is 25.5 Å². The maximum atomic E-state index is 11.5. The molecule has 6 nitrogen and oxygen atoms in total. The van der Waals surface area contributed by atoms with Gasteiger partial charge >= 0.3 is 0 Å². The summed E-state index contributed by atoms with van der Waals surface area (Å²) in [6, 6.07) is 1.60. The highest BCUT2D eigenvalue weighted by Crippen LogP contribution is 2.00. The lowest BCUT2D eigenvalue weighted by atomic mass is 10.3. The van der Waals surface area contributed by atoms with E-state index in [9.17, 15) is 4.79 Å². The number of aromatic nitrogens is 3. The minimum absolute atomic E-state index is 0.226. The predicted octanol–water partition coefficient (Wildman–Crippen LogP) is 0.679. The van der Waals surface area contributed by atoms with Gasteiger partial charge in [-0.25, -0.2) is 4.98 Å². The number of aryl methyl sites for hydroxylation is 1. The fourth-order valence-corrected chi connectivity index (χ4v) is 1.30. The van der Waals surface area contributed by atoms with Crippen LogP contribution in [0.5, 0.6) is 0 Å². The zero-order chi connectivity index (χ0) is 11.4. The molecule has 0 aliphatic carbocycles. The summed E-state index contributed by atoms with van der Waals surface area (Å²) in [4.78, 5) is 18.4. The standard InChI is InChI=1S/C10H12N4O2/c1-7-4-9(14-16-7)10(15)12-3-2-8-5-11-6-13-8/h4-6H,2-3H2,1H3,(H,11,13)(H,12,15). The van der Waals surface area contributed by atoms with Crippen molar-refractivity contribution in [1.82, 2.24) is 20.4 Å². The maximum Gasteiger partial charge on any atom is 0.273 e. The van der Waals surface area contributed by atoms with Crippen molar-refractivity contribution in [2.45, 2.75) is 13.3 Å². The van der Waals surface area contributed by atoms with E-state index < -0.39 is 0 Å². The van der Waals surface area contributed by atoms with Crippen molar-refractivity contribution in [2.24, 2.45) is 0 Å². The molecule has 2 rings (SSSR count). The van der Waals surface area contributed by atoms with Gasteiger partial charge in [0.2, 0.25) is 0 Å². The predicted molar refractivity (Wildman–Crippen MR) is 55.9 cm³/mol. The van der Waals surface area contributed by atoms with E-state index >= 15 is 0 Å². The van der Waals surface area contributed by atoms with E-state index in [1.165, 1.54) is 0 Å². The highest BCUT2D eigenvalue weighted by Gasteiger charge is 2.09. The van der Waals surface area contributed by atoms with Crippen LogP contribution in [0.1, 0.15) is 21.9 Å². The van der Waals surface area contributed by atoms with Gasteiger partial charge in [0.1, 0.15) is 5.76 Å². The number of aromatic amines is 1. The number of nitrogens with one attached hydrogen (secondary N) is 2. The highest BCUT2D eigenvalue weighted by atomic mass is 16.5. The summed E-state index contributed by atoms with van der Waals surface area (Å²) in [6.07, 6.45) is 4.05. The molecule has 2 aromatic heterocycles. The van der Waals surface area contributed by atoms with Gasteiger partial charge in [-0.05, 0) is 6.92 Å². The van der Waals surface area contributed by atoms with Crippen LogP contribution in [0.25, 0.3) is 0 Å². The molecule has 0 saturated carbocycles. The number of hydrogen-bond acceptors (Lipinski definition) is 4. The van der Waals surface area contributed by atoms with E-state index in [-0.39, 0.29) is 5.91 Å². The number of hydrogen-bond donors (Lipinski definition) is 2. The first-order valence-corrected chi connectivity index (χ1v) is 4.94. The van der Waals surface area contributed by atoms with Crippen LogP contribution in [0.2, 0.25) is 0 Å². The Morgan fingerprint density at radius 1 is 1.62 bits per heavy atom. The number of carbonyl (C=O) groups is 1. The molecule has 0 saturated heterocycles. The molecule has 2 N–H and O–H groups in total. The molecular formula is C10H12N4O2. The average molecular weight is 220 g/mol. The van der Waals surface area contributed by atoms with Crippen LogP contribution in [-0.2, 0) is 6.42 Å². The van der Waals surface area contributed by atoms with Crippen molar-refractivity contribution in [3.05, 3.63) is 35.7 Å². The third kappa shape index (κ3) is 2.47. The van der Waals surface area contributed by atoms with Crippen molar-refractivity contribution < 1.29 is 9.32 Å². The second-order valence-corrected chi connectivity index (χ2v) is 3.41. The second kappa shape index (κ2) is 4.61. The zero-order valence-electron chi connectivity index (χ0n) is 8.86. The van der Waals surface area contributed by atoms with Crippen molar-refractivity contribution in [2.75, 3.05) is 6.54 Å². The molecule has 0 aliphatic rings. The molecule has 0 aliphatic heterocycles. The van der Waals surface area contributed by atoms with Crippen LogP contribution in [0.4, 0.5) is 0 Å². The van der Waals surface area contributed by atoms with Gasteiger partial charge < -0.3 is 14.8 Å². The largest absolute Gasteiger partial charge is 0.361 e. The van der Waals surface area contributed by atoms with Crippen LogP contribution < -0.4 is 5.32 Å². The summed E-state index contributed by atoms with van der Waals surface area (Å²) in [5.41, 5.74) is 1.29. The summed E-state index contributed by atoms with van der Waals surface area (Å²) in [7, 11) is 0. The number of carbonyl (C=O) groups excluding carboxylic acids is 1. The monoisotopic (exact) mass is 220 g/mol. The van der Waals surface area contributed by atoms with Gasteiger partial charge in [0.25, 0.3) is 5.91 Å².